The number of carbonyl (C=O) groups is 1. The van der Waals surface area contributed by atoms with Crippen molar-refractivity contribution in [2.75, 3.05) is 17.7 Å². The molecular weight excluding hydrogens is 392 g/mol. The summed E-state index contributed by atoms with van der Waals surface area (Å²) in [5.41, 5.74) is 5.14. The zero-order valence-electron chi connectivity index (χ0n) is 12.6. The van der Waals surface area contributed by atoms with Gasteiger partial charge in [0.25, 0.3) is 5.91 Å². The minimum atomic E-state index is -0.284. The Morgan fingerprint density at radius 1 is 1.29 bits per heavy atom. The van der Waals surface area contributed by atoms with Crippen LogP contribution >= 0.6 is 28.1 Å². The SMILES string of the molecule is COc1cccc(NC(=S)N/N=C2\C(=O)Nc3cccc(Br)c32)c1. The van der Waals surface area contributed by atoms with Crippen molar-refractivity contribution in [3.05, 3.63) is 52.5 Å². The van der Waals surface area contributed by atoms with Crippen LogP contribution in [0.15, 0.2) is 52.0 Å². The summed E-state index contributed by atoms with van der Waals surface area (Å²) in [5, 5.41) is 10.1. The molecule has 3 N–H and O–H groups in total. The van der Waals surface area contributed by atoms with Crippen molar-refractivity contribution in [1.82, 2.24) is 5.43 Å². The Bertz CT molecular complexity index is 854. The van der Waals surface area contributed by atoms with Gasteiger partial charge in [0, 0.05) is 21.8 Å². The molecule has 0 radical (unpaired) electrons. The van der Waals surface area contributed by atoms with Gasteiger partial charge >= 0.3 is 0 Å². The maximum atomic E-state index is 12.1. The minimum Gasteiger partial charge on any atom is -0.497 e. The van der Waals surface area contributed by atoms with Crippen molar-refractivity contribution in [3.63, 3.8) is 0 Å². The first-order valence-corrected chi connectivity index (χ1v) is 8.17. The van der Waals surface area contributed by atoms with E-state index >= 15 is 0 Å². The number of nitrogens with zero attached hydrogens (tertiary/aromatic N) is 1. The topological polar surface area (TPSA) is 74.8 Å². The molecule has 0 aromatic heterocycles. The van der Waals surface area contributed by atoms with Gasteiger partial charge in [-0.1, -0.05) is 28.1 Å². The molecule has 1 aliphatic rings. The van der Waals surface area contributed by atoms with Crippen LogP contribution in [0.1, 0.15) is 5.56 Å². The summed E-state index contributed by atoms with van der Waals surface area (Å²) in [5.74, 6) is 0.427. The lowest BCUT2D eigenvalue weighted by Gasteiger charge is -2.09. The lowest BCUT2D eigenvalue weighted by atomic mass is 10.1. The summed E-state index contributed by atoms with van der Waals surface area (Å²) in [7, 11) is 1.59. The van der Waals surface area contributed by atoms with E-state index in [0.29, 0.717) is 17.0 Å². The molecule has 0 atom stereocenters. The van der Waals surface area contributed by atoms with Crippen LogP contribution in [0.2, 0.25) is 0 Å². The Balaban J connectivity index is 1.74. The Morgan fingerprint density at radius 3 is 2.88 bits per heavy atom. The molecule has 0 saturated carbocycles. The third-order valence-electron chi connectivity index (χ3n) is 3.31. The standard InChI is InChI=1S/C16H13BrN4O2S/c1-23-10-5-2-4-9(8-10)18-16(24)21-20-14-13-11(17)6-3-7-12(13)19-15(14)22/h2-8H,1H3,(H2,18,21,24)(H,19,20,22). The molecule has 122 valence electrons. The van der Waals surface area contributed by atoms with Gasteiger partial charge in [-0.05, 0) is 36.5 Å². The largest absolute Gasteiger partial charge is 0.497 e. The fourth-order valence-corrected chi connectivity index (χ4v) is 2.95. The van der Waals surface area contributed by atoms with Gasteiger partial charge in [0.2, 0.25) is 0 Å². The van der Waals surface area contributed by atoms with E-state index in [0.717, 1.165) is 10.2 Å². The van der Waals surface area contributed by atoms with Crippen molar-refractivity contribution in [2.45, 2.75) is 0 Å². The summed E-state index contributed by atoms with van der Waals surface area (Å²) >= 11 is 8.64. The predicted molar refractivity (Wildman–Crippen MR) is 102 cm³/mol. The fraction of sp³-hybridized carbons (Fsp3) is 0.0625. The van der Waals surface area contributed by atoms with Crippen LogP contribution in [0.3, 0.4) is 0 Å². The molecule has 8 heteroatoms. The Hall–Kier alpha value is -2.45. The van der Waals surface area contributed by atoms with E-state index in [1.165, 1.54) is 0 Å². The first kappa shape index (κ1) is 16.4. The molecule has 0 spiro atoms. The van der Waals surface area contributed by atoms with Gasteiger partial charge in [0.1, 0.15) is 5.75 Å². The smallest absolute Gasteiger partial charge is 0.276 e. The van der Waals surface area contributed by atoms with Crippen LogP contribution in [0.4, 0.5) is 11.4 Å². The molecule has 1 aliphatic heterocycles. The number of rotatable bonds is 3. The molecule has 6 nitrogen and oxygen atoms in total. The number of hydrogen-bond donors (Lipinski definition) is 3. The van der Waals surface area contributed by atoms with Crippen molar-refractivity contribution >= 4 is 56.3 Å². The second-order valence-electron chi connectivity index (χ2n) is 4.87. The quantitative estimate of drug-likeness (QED) is 0.541. The second kappa shape index (κ2) is 6.98. The van der Waals surface area contributed by atoms with E-state index in [-0.39, 0.29) is 16.7 Å². The molecule has 1 amide bonds. The predicted octanol–water partition coefficient (Wildman–Crippen LogP) is 3.10. The Kier molecular flexibility index (Phi) is 4.77. The number of methoxy groups -OCH3 is 1. The average Bonchev–Trinajstić information content (AvgIpc) is 2.90. The lowest BCUT2D eigenvalue weighted by molar-refractivity contribution is -0.110. The number of hydrazone groups is 1. The zero-order valence-corrected chi connectivity index (χ0v) is 15.0. The molecule has 0 saturated heterocycles. The molecule has 24 heavy (non-hydrogen) atoms. The Labute approximate surface area is 152 Å². The summed E-state index contributed by atoms with van der Waals surface area (Å²) in [6.07, 6.45) is 0. The molecule has 0 aliphatic carbocycles. The van der Waals surface area contributed by atoms with E-state index in [2.05, 4.69) is 37.1 Å². The third kappa shape index (κ3) is 3.39. The van der Waals surface area contributed by atoms with E-state index in [1.54, 1.807) is 13.2 Å². The highest BCUT2D eigenvalue weighted by Gasteiger charge is 2.28. The Morgan fingerprint density at radius 2 is 2.08 bits per heavy atom. The van der Waals surface area contributed by atoms with Gasteiger partial charge in [-0.2, -0.15) is 5.10 Å². The first-order chi connectivity index (χ1) is 11.6. The third-order valence-corrected chi connectivity index (χ3v) is 4.16. The number of ether oxygens (including phenoxy) is 1. The summed E-state index contributed by atoms with van der Waals surface area (Å²) < 4.78 is 5.94. The minimum absolute atomic E-state index is 0.268. The lowest BCUT2D eigenvalue weighted by Crippen LogP contribution is -2.27. The van der Waals surface area contributed by atoms with Crippen LogP contribution in [0.5, 0.6) is 5.75 Å². The number of fused-ring (bicyclic) bond motifs is 1. The van der Waals surface area contributed by atoms with Gasteiger partial charge in [-0.15, -0.1) is 0 Å². The summed E-state index contributed by atoms with van der Waals surface area (Å²) in [6, 6.07) is 12.8. The maximum Gasteiger partial charge on any atom is 0.276 e. The highest BCUT2D eigenvalue weighted by Crippen LogP contribution is 2.30. The molecule has 3 rings (SSSR count). The number of carbonyl (C=O) groups excluding carboxylic acids is 1. The maximum absolute atomic E-state index is 12.1. The van der Waals surface area contributed by atoms with Gasteiger partial charge in [0.15, 0.2) is 10.8 Å². The molecule has 0 bridgehead atoms. The van der Waals surface area contributed by atoms with Gasteiger partial charge in [0.05, 0.1) is 12.8 Å². The van der Waals surface area contributed by atoms with E-state index in [4.69, 9.17) is 17.0 Å². The van der Waals surface area contributed by atoms with Crippen LogP contribution in [-0.4, -0.2) is 23.8 Å². The molecule has 1 heterocycles. The summed E-state index contributed by atoms with van der Waals surface area (Å²) in [6.45, 7) is 0. The van der Waals surface area contributed by atoms with Crippen molar-refractivity contribution in [1.29, 1.82) is 0 Å². The van der Waals surface area contributed by atoms with Crippen molar-refractivity contribution < 1.29 is 9.53 Å². The van der Waals surface area contributed by atoms with Crippen molar-refractivity contribution in [2.24, 2.45) is 5.10 Å². The van der Waals surface area contributed by atoms with Crippen LogP contribution in [-0.2, 0) is 4.79 Å². The van der Waals surface area contributed by atoms with Crippen LogP contribution in [0, 0.1) is 0 Å². The van der Waals surface area contributed by atoms with Gasteiger partial charge in [-0.25, -0.2) is 0 Å². The monoisotopic (exact) mass is 404 g/mol. The highest BCUT2D eigenvalue weighted by molar-refractivity contribution is 9.10. The molecule has 2 aromatic carbocycles. The number of halogens is 1. The van der Waals surface area contributed by atoms with E-state index in [1.807, 2.05) is 36.4 Å². The number of anilines is 2. The normalized spacial score (nSPS) is 14.1. The molecule has 0 unspecified atom stereocenters. The number of benzene rings is 2. The zero-order chi connectivity index (χ0) is 17.1. The number of amides is 1. The van der Waals surface area contributed by atoms with E-state index < -0.39 is 0 Å². The fourth-order valence-electron chi connectivity index (χ4n) is 2.24. The molecule has 0 fully saturated rings. The first-order valence-electron chi connectivity index (χ1n) is 6.97. The van der Waals surface area contributed by atoms with E-state index in [9.17, 15) is 4.79 Å². The summed E-state index contributed by atoms with van der Waals surface area (Å²) in [4.78, 5) is 12.1. The number of hydrogen-bond acceptors (Lipinski definition) is 4. The number of thiocarbonyl (C=S) groups is 1. The molecular formula is C16H13BrN4O2S. The van der Waals surface area contributed by atoms with Gasteiger partial charge < -0.3 is 15.4 Å². The average molecular weight is 405 g/mol. The van der Waals surface area contributed by atoms with Gasteiger partial charge in [-0.3, -0.25) is 10.2 Å². The van der Waals surface area contributed by atoms with Crippen LogP contribution < -0.4 is 20.8 Å². The number of nitrogens with one attached hydrogen (secondary N) is 3. The molecule has 2 aromatic rings. The van der Waals surface area contributed by atoms with Crippen molar-refractivity contribution in [3.8, 4) is 5.75 Å². The van der Waals surface area contributed by atoms with Crippen LogP contribution in [0.25, 0.3) is 0 Å². The second-order valence-corrected chi connectivity index (χ2v) is 6.14. The highest BCUT2D eigenvalue weighted by atomic mass is 79.9.